The van der Waals surface area contributed by atoms with E-state index in [0.29, 0.717) is 0 Å². The number of hydrogen-bond donors (Lipinski definition) is 0. The normalized spacial score (nSPS) is 18.7. The molecule has 0 fully saturated rings. The van der Waals surface area contributed by atoms with Crippen LogP contribution >= 0.6 is 0 Å². The smallest absolute Gasteiger partial charge is 0.309 e. The zero-order chi connectivity index (χ0) is 12.7. The number of methoxy groups -OCH3 is 1. The lowest BCUT2D eigenvalue weighted by molar-refractivity contribution is -0.145. The number of benzene rings is 1. The van der Waals surface area contributed by atoms with E-state index in [2.05, 4.69) is 35.9 Å². The molecule has 2 aromatic rings. The molecule has 0 saturated carbocycles. The van der Waals surface area contributed by atoms with Gasteiger partial charge in [0.1, 0.15) is 0 Å². The van der Waals surface area contributed by atoms with Crippen molar-refractivity contribution < 1.29 is 9.53 Å². The fourth-order valence-electron chi connectivity index (χ4n) is 3.10. The Balaban J connectivity index is 2.10. The van der Waals surface area contributed by atoms with E-state index >= 15 is 0 Å². The molecule has 18 heavy (non-hydrogen) atoms. The summed E-state index contributed by atoms with van der Waals surface area (Å²) in [5.41, 5.74) is 3.96. The van der Waals surface area contributed by atoms with E-state index in [0.717, 1.165) is 19.3 Å². The summed E-state index contributed by atoms with van der Waals surface area (Å²) in [6, 6.07) is 8.41. The molecule has 3 nitrogen and oxygen atoms in total. The average molecular weight is 243 g/mol. The minimum absolute atomic E-state index is 0.0216. The molecule has 0 saturated heterocycles. The first-order valence-corrected chi connectivity index (χ1v) is 6.35. The highest BCUT2D eigenvalue weighted by Gasteiger charge is 2.28. The Bertz CT molecular complexity index is 612. The van der Waals surface area contributed by atoms with Crippen LogP contribution in [0.4, 0.5) is 0 Å². The molecule has 1 aliphatic carbocycles. The Labute approximate surface area is 106 Å². The van der Waals surface area contributed by atoms with Crippen LogP contribution < -0.4 is 0 Å². The lowest BCUT2D eigenvalue weighted by atomic mass is 9.86. The number of para-hydroxylation sites is 1. The van der Waals surface area contributed by atoms with Crippen molar-refractivity contribution in [2.24, 2.45) is 13.0 Å². The maximum absolute atomic E-state index is 11.7. The molecule has 0 aliphatic heterocycles. The number of fused-ring (bicyclic) bond motifs is 3. The van der Waals surface area contributed by atoms with Gasteiger partial charge in [0, 0.05) is 23.6 Å². The predicted octanol–water partition coefficient (Wildman–Crippen LogP) is 2.46. The van der Waals surface area contributed by atoms with E-state index in [9.17, 15) is 4.79 Å². The second kappa shape index (κ2) is 4.16. The van der Waals surface area contributed by atoms with E-state index in [4.69, 9.17) is 4.74 Å². The lowest BCUT2D eigenvalue weighted by Gasteiger charge is -2.21. The van der Waals surface area contributed by atoms with Crippen molar-refractivity contribution in [3.05, 3.63) is 35.5 Å². The van der Waals surface area contributed by atoms with Crippen LogP contribution in [0.1, 0.15) is 17.7 Å². The van der Waals surface area contributed by atoms with Crippen LogP contribution in [0.25, 0.3) is 10.9 Å². The van der Waals surface area contributed by atoms with Gasteiger partial charge in [-0.05, 0) is 30.9 Å². The number of carbonyl (C=O) groups excluding carboxylic acids is 1. The second-order valence-electron chi connectivity index (χ2n) is 4.96. The van der Waals surface area contributed by atoms with E-state index in [1.54, 1.807) is 0 Å². The molecule has 0 N–H and O–H groups in total. The molecule has 94 valence electrons. The molecule has 0 spiro atoms. The first-order chi connectivity index (χ1) is 8.72. The van der Waals surface area contributed by atoms with E-state index in [1.165, 1.54) is 29.3 Å². The van der Waals surface area contributed by atoms with Crippen molar-refractivity contribution in [1.82, 2.24) is 4.57 Å². The Morgan fingerprint density at radius 1 is 1.39 bits per heavy atom. The van der Waals surface area contributed by atoms with Crippen LogP contribution in [0.3, 0.4) is 0 Å². The zero-order valence-corrected chi connectivity index (χ0v) is 10.8. The van der Waals surface area contributed by atoms with Gasteiger partial charge in [-0.15, -0.1) is 0 Å². The third kappa shape index (κ3) is 1.54. The molecule has 3 rings (SSSR count). The SMILES string of the molecule is COC(=O)C1CCc2c(c3ccccc3n2C)C1. The number of esters is 1. The van der Waals surface area contributed by atoms with Gasteiger partial charge in [0.05, 0.1) is 13.0 Å². The molecule has 1 unspecified atom stereocenters. The van der Waals surface area contributed by atoms with Gasteiger partial charge in [-0.1, -0.05) is 18.2 Å². The molecule has 1 aromatic carbocycles. The Hall–Kier alpha value is -1.77. The number of rotatable bonds is 1. The van der Waals surface area contributed by atoms with Crippen LogP contribution in [-0.4, -0.2) is 17.6 Å². The van der Waals surface area contributed by atoms with Crippen molar-refractivity contribution in [2.75, 3.05) is 7.11 Å². The highest BCUT2D eigenvalue weighted by Crippen LogP contribution is 2.33. The van der Waals surface area contributed by atoms with Gasteiger partial charge in [0.2, 0.25) is 0 Å². The number of aromatic nitrogens is 1. The number of carbonyl (C=O) groups is 1. The predicted molar refractivity (Wildman–Crippen MR) is 70.5 cm³/mol. The molecule has 3 heteroatoms. The molecule has 0 bridgehead atoms. The first kappa shape index (κ1) is 11.3. The van der Waals surface area contributed by atoms with Crippen LogP contribution in [0.15, 0.2) is 24.3 Å². The summed E-state index contributed by atoms with van der Waals surface area (Å²) in [7, 11) is 3.58. The molecule has 1 aliphatic rings. The molecule has 1 aromatic heterocycles. The highest BCUT2D eigenvalue weighted by molar-refractivity contribution is 5.86. The maximum Gasteiger partial charge on any atom is 0.309 e. The first-order valence-electron chi connectivity index (χ1n) is 6.35. The second-order valence-corrected chi connectivity index (χ2v) is 4.96. The number of nitrogens with zero attached hydrogens (tertiary/aromatic N) is 1. The van der Waals surface area contributed by atoms with E-state index in [-0.39, 0.29) is 11.9 Å². The molecule has 1 atom stereocenters. The lowest BCUT2D eigenvalue weighted by Crippen LogP contribution is -2.24. The highest BCUT2D eigenvalue weighted by atomic mass is 16.5. The third-order valence-corrected chi connectivity index (χ3v) is 4.06. The maximum atomic E-state index is 11.7. The fraction of sp³-hybridized carbons (Fsp3) is 0.400. The standard InChI is InChI=1S/C15H17NO2/c1-16-13-6-4-3-5-11(13)12-9-10(15(17)18-2)7-8-14(12)16/h3-6,10H,7-9H2,1-2H3. The summed E-state index contributed by atoms with van der Waals surface area (Å²) in [5, 5.41) is 1.28. The summed E-state index contributed by atoms with van der Waals surface area (Å²) in [6.07, 6.45) is 2.66. The van der Waals surface area contributed by atoms with Crippen molar-refractivity contribution in [3.8, 4) is 0 Å². The molecule has 0 radical (unpaired) electrons. The van der Waals surface area contributed by atoms with Gasteiger partial charge in [0.15, 0.2) is 0 Å². The van der Waals surface area contributed by atoms with Gasteiger partial charge in [-0.25, -0.2) is 0 Å². The van der Waals surface area contributed by atoms with Crippen LogP contribution in [0, 0.1) is 5.92 Å². The monoisotopic (exact) mass is 243 g/mol. The summed E-state index contributed by atoms with van der Waals surface area (Å²) in [6.45, 7) is 0. The minimum Gasteiger partial charge on any atom is -0.469 e. The van der Waals surface area contributed by atoms with Crippen molar-refractivity contribution in [1.29, 1.82) is 0 Å². The largest absolute Gasteiger partial charge is 0.469 e. The number of ether oxygens (including phenoxy) is 1. The van der Waals surface area contributed by atoms with Gasteiger partial charge < -0.3 is 9.30 Å². The summed E-state index contributed by atoms with van der Waals surface area (Å²) >= 11 is 0. The van der Waals surface area contributed by atoms with E-state index in [1.807, 2.05) is 0 Å². The van der Waals surface area contributed by atoms with Crippen molar-refractivity contribution >= 4 is 16.9 Å². The minimum atomic E-state index is -0.0754. The van der Waals surface area contributed by atoms with Gasteiger partial charge >= 0.3 is 5.97 Å². The van der Waals surface area contributed by atoms with Crippen molar-refractivity contribution in [3.63, 3.8) is 0 Å². The zero-order valence-electron chi connectivity index (χ0n) is 10.8. The van der Waals surface area contributed by atoms with Crippen LogP contribution in [0.2, 0.25) is 0 Å². The quantitative estimate of drug-likeness (QED) is 0.720. The molecule has 0 amide bonds. The molecular weight excluding hydrogens is 226 g/mol. The van der Waals surface area contributed by atoms with Gasteiger partial charge in [0.25, 0.3) is 0 Å². The molecule has 1 heterocycles. The third-order valence-electron chi connectivity index (χ3n) is 4.06. The summed E-state index contributed by atoms with van der Waals surface area (Å²) in [4.78, 5) is 11.7. The van der Waals surface area contributed by atoms with E-state index < -0.39 is 0 Å². The Kier molecular flexibility index (Phi) is 2.62. The summed E-state index contributed by atoms with van der Waals surface area (Å²) < 4.78 is 7.14. The van der Waals surface area contributed by atoms with Gasteiger partial charge in [-0.3, -0.25) is 4.79 Å². The van der Waals surface area contributed by atoms with Gasteiger partial charge in [-0.2, -0.15) is 0 Å². The Morgan fingerprint density at radius 2 is 2.17 bits per heavy atom. The molecular formula is C15H17NO2. The Morgan fingerprint density at radius 3 is 2.94 bits per heavy atom. The number of aryl methyl sites for hydroxylation is 1. The van der Waals surface area contributed by atoms with Crippen molar-refractivity contribution in [2.45, 2.75) is 19.3 Å². The average Bonchev–Trinajstić information content (AvgIpc) is 2.72. The van der Waals surface area contributed by atoms with Crippen LogP contribution in [-0.2, 0) is 29.4 Å². The van der Waals surface area contributed by atoms with Crippen LogP contribution in [0.5, 0.6) is 0 Å². The fourth-order valence-corrected chi connectivity index (χ4v) is 3.10. The topological polar surface area (TPSA) is 31.2 Å². The summed E-state index contributed by atoms with van der Waals surface area (Å²) in [5.74, 6) is -0.0538. The number of hydrogen-bond acceptors (Lipinski definition) is 2.